The van der Waals surface area contributed by atoms with Crippen LogP contribution in [0.4, 0.5) is 0 Å². The summed E-state index contributed by atoms with van der Waals surface area (Å²) < 4.78 is 12.3. The third-order valence-corrected chi connectivity index (χ3v) is 5.08. The number of nitrogens with one attached hydrogen (secondary N) is 1. The van der Waals surface area contributed by atoms with E-state index in [4.69, 9.17) is 9.47 Å². The minimum atomic E-state index is 0.128. The molecule has 1 heterocycles. The second-order valence-electron chi connectivity index (χ2n) is 6.55. The summed E-state index contributed by atoms with van der Waals surface area (Å²) in [7, 11) is 1.98. The molecule has 2 atom stereocenters. The molecule has 2 fully saturated rings. The van der Waals surface area contributed by atoms with Gasteiger partial charge in [0.1, 0.15) is 11.9 Å². The molecule has 1 saturated heterocycles. The smallest absolute Gasteiger partial charge is 0.119 e. The lowest BCUT2D eigenvalue weighted by Gasteiger charge is -2.38. The highest BCUT2D eigenvalue weighted by Crippen LogP contribution is 2.40. The van der Waals surface area contributed by atoms with Gasteiger partial charge in [0.25, 0.3) is 0 Å². The Bertz CT molecular complexity index is 451. The van der Waals surface area contributed by atoms with Crippen molar-refractivity contribution in [3.05, 3.63) is 29.8 Å². The monoisotopic (exact) mass is 289 g/mol. The van der Waals surface area contributed by atoms with E-state index in [2.05, 4.69) is 36.5 Å². The van der Waals surface area contributed by atoms with Gasteiger partial charge >= 0.3 is 0 Å². The minimum Gasteiger partial charge on any atom is -0.490 e. The van der Waals surface area contributed by atoms with E-state index >= 15 is 0 Å². The predicted molar refractivity (Wildman–Crippen MR) is 84.7 cm³/mol. The zero-order chi connectivity index (χ0) is 14.7. The fourth-order valence-electron chi connectivity index (χ4n) is 3.65. The molecule has 1 aliphatic heterocycles. The van der Waals surface area contributed by atoms with Crippen LogP contribution in [-0.4, -0.2) is 25.4 Å². The molecule has 1 aliphatic carbocycles. The van der Waals surface area contributed by atoms with E-state index in [0.717, 1.165) is 25.2 Å². The van der Waals surface area contributed by atoms with E-state index in [0.29, 0.717) is 12.1 Å². The van der Waals surface area contributed by atoms with Gasteiger partial charge in [-0.15, -0.1) is 0 Å². The van der Waals surface area contributed by atoms with Gasteiger partial charge in [-0.1, -0.05) is 25.0 Å². The maximum Gasteiger partial charge on any atom is 0.119 e. The summed E-state index contributed by atoms with van der Waals surface area (Å²) in [5.41, 5.74) is 1.42. The quantitative estimate of drug-likeness (QED) is 0.913. The van der Waals surface area contributed by atoms with Crippen molar-refractivity contribution >= 4 is 0 Å². The normalized spacial score (nSPS) is 25.9. The fourth-order valence-corrected chi connectivity index (χ4v) is 3.65. The average molecular weight is 289 g/mol. The molecule has 1 saturated carbocycles. The molecule has 21 heavy (non-hydrogen) atoms. The van der Waals surface area contributed by atoms with Crippen molar-refractivity contribution in [2.45, 2.75) is 63.2 Å². The summed E-state index contributed by atoms with van der Waals surface area (Å²) in [5.74, 6) is 0.988. The van der Waals surface area contributed by atoms with Crippen molar-refractivity contribution < 1.29 is 9.47 Å². The number of hydrogen-bond donors (Lipinski definition) is 1. The Morgan fingerprint density at radius 2 is 1.95 bits per heavy atom. The Morgan fingerprint density at radius 3 is 2.62 bits per heavy atom. The van der Waals surface area contributed by atoms with Crippen LogP contribution in [0.2, 0.25) is 0 Å². The van der Waals surface area contributed by atoms with Crippen LogP contribution in [-0.2, 0) is 4.74 Å². The van der Waals surface area contributed by atoms with Gasteiger partial charge in [-0.2, -0.15) is 0 Å². The Balaban J connectivity index is 1.60. The van der Waals surface area contributed by atoms with Crippen molar-refractivity contribution in [1.82, 2.24) is 5.32 Å². The van der Waals surface area contributed by atoms with Crippen LogP contribution in [0.15, 0.2) is 24.3 Å². The first kappa shape index (κ1) is 14.9. The van der Waals surface area contributed by atoms with Gasteiger partial charge in [0.15, 0.2) is 0 Å². The standard InChI is InChI=1S/C18H27NO2/c1-14(19-2)15-5-7-16(8-6-15)21-17-9-12-20-18(13-17)10-3-4-11-18/h5-8,14,17,19H,3-4,9-13H2,1-2H3. The van der Waals surface area contributed by atoms with E-state index < -0.39 is 0 Å². The Labute approximate surface area is 128 Å². The average Bonchev–Trinajstić information content (AvgIpc) is 2.95. The molecule has 2 aliphatic rings. The van der Waals surface area contributed by atoms with Crippen LogP contribution in [0.5, 0.6) is 5.75 Å². The molecule has 1 spiro atoms. The third kappa shape index (κ3) is 3.41. The maximum absolute atomic E-state index is 6.21. The van der Waals surface area contributed by atoms with Crippen LogP contribution in [0, 0.1) is 0 Å². The molecule has 1 N–H and O–H groups in total. The first-order valence-corrected chi connectivity index (χ1v) is 8.29. The van der Waals surface area contributed by atoms with Crippen LogP contribution in [0.25, 0.3) is 0 Å². The van der Waals surface area contributed by atoms with Crippen molar-refractivity contribution in [2.75, 3.05) is 13.7 Å². The summed E-state index contributed by atoms with van der Waals surface area (Å²) in [6.07, 6.45) is 7.42. The van der Waals surface area contributed by atoms with E-state index in [9.17, 15) is 0 Å². The lowest BCUT2D eigenvalue weighted by molar-refractivity contribution is -0.108. The van der Waals surface area contributed by atoms with Gasteiger partial charge in [-0.05, 0) is 44.5 Å². The molecule has 1 aromatic carbocycles. The summed E-state index contributed by atoms with van der Waals surface area (Å²) in [6, 6.07) is 8.88. The van der Waals surface area contributed by atoms with Crippen LogP contribution in [0.1, 0.15) is 57.1 Å². The number of rotatable bonds is 4. The van der Waals surface area contributed by atoms with E-state index in [1.807, 2.05) is 7.05 Å². The largest absolute Gasteiger partial charge is 0.490 e. The maximum atomic E-state index is 6.21. The first-order valence-electron chi connectivity index (χ1n) is 8.29. The SMILES string of the molecule is CNC(C)c1ccc(OC2CCOC3(CCCC3)C2)cc1. The molecule has 0 radical (unpaired) electrons. The molecule has 3 heteroatoms. The van der Waals surface area contributed by atoms with Crippen molar-refractivity contribution in [3.8, 4) is 5.75 Å². The van der Waals surface area contributed by atoms with Crippen molar-refractivity contribution in [1.29, 1.82) is 0 Å². The highest BCUT2D eigenvalue weighted by molar-refractivity contribution is 5.29. The van der Waals surface area contributed by atoms with Gasteiger partial charge in [0, 0.05) is 18.9 Å². The highest BCUT2D eigenvalue weighted by Gasteiger charge is 2.40. The molecule has 3 rings (SSSR count). The summed E-state index contributed by atoms with van der Waals surface area (Å²) in [5, 5.41) is 3.26. The van der Waals surface area contributed by atoms with E-state index in [1.165, 1.54) is 31.2 Å². The third-order valence-electron chi connectivity index (χ3n) is 5.08. The second-order valence-corrected chi connectivity index (χ2v) is 6.55. The van der Waals surface area contributed by atoms with Gasteiger partial charge < -0.3 is 14.8 Å². The summed E-state index contributed by atoms with van der Waals surface area (Å²) >= 11 is 0. The van der Waals surface area contributed by atoms with Crippen molar-refractivity contribution in [2.24, 2.45) is 0 Å². The summed E-state index contributed by atoms with van der Waals surface area (Å²) in [6.45, 7) is 3.01. The topological polar surface area (TPSA) is 30.5 Å². The van der Waals surface area contributed by atoms with Crippen LogP contribution >= 0.6 is 0 Å². The van der Waals surface area contributed by atoms with Crippen LogP contribution < -0.4 is 10.1 Å². The molecule has 116 valence electrons. The number of benzene rings is 1. The zero-order valence-electron chi connectivity index (χ0n) is 13.2. The molecule has 0 bridgehead atoms. The lowest BCUT2D eigenvalue weighted by atomic mass is 9.90. The van der Waals surface area contributed by atoms with E-state index in [1.54, 1.807) is 0 Å². The number of ether oxygens (including phenoxy) is 2. The van der Waals surface area contributed by atoms with Gasteiger partial charge in [0.05, 0.1) is 12.2 Å². The minimum absolute atomic E-state index is 0.128. The molecule has 1 aromatic rings. The molecule has 3 nitrogen and oxygen atoms in total. The fraction of sp³-hybridized carbons (Fsp3) is 0.667. The predicted octanol–water partition coefficient (Wildman–Crippen LogP) is 3.84. The Morgan fingerprint density at radius 1 is 1.24 bits per heavy atom. The molecule has 0 aromatic heterocycles. The summed E-state index contributed by atoms with van der Waals surface area (Å²) in [4.78, 5) is 0. The first-order chi connectivity index (χ1) is 10.2. The van der Waals surface area contributed by atoms with E-state index in [-0.39, 0.29) is 5.60 Å². The van der Waals surface area contributed by atoms with Gasteiger partial charge in [-0.3, -0.25) is 0 Å². The molecule has 0 amide bonds. The Kier molecular flexibility index (Phi) is 4.51. The second kappa shape index (κ2) is 6.37. The molecular weight excluding hydrogens is 262 g/mol. The van der Waals surface area contributed by atoms with Crippen LogP contribution in [0.3, 0.4) is 0 Å². The Hall–Kier alpha value is -1.06. The lowest BCUT2D eigenvalue weighted by Crippen LogP contribution is -2.41. The van der Waals surface area contributed by atoms with Gasteiger partial charge in [0.2, 0.25) is 0 Å². The molecular formula is C18H27NO2. The van der Waals surface area contributed by atoms with Gasteiger partial charge in [-0.25, -0.2) is 0 Å². The highest BCUT2D eigenvalue weighted by atomic mass is 16.5. The van der Waals surface area contributed by atoms with Crippen molar-refractivity contribution in [3.63, 3.8) is 0 Å². The molecule has 2 unspecified atom stereocenters. The number of hydrogen-bond acceptors (Lipinski definition) is 3. The zero-order valence-corrected chi connectivity index (χ0v) is 13.2.